The number of halogens is 3. The third-order valence-electron chi connectivity index (χ3n) is 3.55. The van der Waals surface area contributed by atoms with E-state index in [0.29, 0.717) is 11.5 Å². The molecular formula is C16H14F3N3O6. The molecule has 0 aromatic heterocycles. The lowest BCUT2D eigenvalue weighted by atomic mass is 10.1. The van der Waals surface area contributed by atoms with Crippen molar-refractivity contribution in [1.82, 2.24) is 0 Å². The van der Waals surface area contributed by atoms with Gasteiger partial charge in [0.05, 0.1) is 22.5 Å². The summed E-state index contributed by atoms with van der Waals surface area (Å²) in [5.74, 6) is 0.789. The van der Waals surface area contributed by atoms with Gasteiger partial charge in [0.15, 0.2) is 17.2 Å². The van der Waals surface area contributed by atoms with Gasteiger partial charge in [0.2, 0.25) is 0 Å². The van der Waals surface area contributed by atoms with E-state index in [-0.39, 0.29) is 25.3 Å². The number of anilines is 1. The van der Waals surface area contributed by atoms with E-state index < -0.39 is 38.6 Å². The summed E-state index contributed by atoms with van der Waals surface area (Å²) < 4.78 is 49.1. The van der Waals surface area contributed by atoms with E-state index in [2.05, 4.69) is 5.32 Å². The molecule has 0 saturated carbocycles. The van der Waals surface area contributed by atoms with Crippen molar-refractivity contribution in [1.29, 1.82) is 0 Å². The van der Waals surface area contributed by atoms with Crippen molar-refractivity contribution in [3.8, 4) is 11.5 Å². The minimum atomic E-state index is -4.97. The van der Waals surface area contributed by atoms with Crippen LogP contribution in [0.3, 0.4) is 0 Å². The van der Waals surface area contributed by atoms with E-state index in [4.69, 9.17) is 9.47 Å². The van der Waals surface area contributed by atoms with Gasteiger partial charge < -0.3 is 14.8 Å². The van der Waals surface area contributed by atoms with Crippen molar-refractivity contribution in [2.24, 2.45) is 0 Å². The lowest BCUT2D eigenvalue weighted by Gasteiger charge is -2.13. The lowest BCUT2D eigenvalue weighted by Crippen LogP contribution is -2.15. The number of hydrogen-bond donors (Lipinski definition) is 1. The molecule has 1 N–H and O–H groups in total. The highest BCUT2D eigenvalue weighted by Crippen LogP contribution is 2.41. The summed E-state index contributed by atoms with van der Waals surface area (Å²) in [5.41, 5.74) is -4.23. The Hall–Kier alpha value is -3.57. The quantitative estimate of drug-likeness (QED) is 0.403. The van der Waals surface area contributed by atoms with Crippen molar-refractivity contribution in [3.63, 3.8) is 0 Å². The molecule has 150 valence electrons. The Bertz CT molecular complexity index is 853. The van der Waals surface area contributed by atoms with Crippen LogP contribution in [0.25, 0.3) is 0 Å². The molecule has 0 aliphatic heterocycles. The average molecular weight is 401 g/mol. The largest absolute Gasteiger partial charge is 0.493 e. The lowest BCUT2D eigenvalue weighted by molar-refractivity contribution is -0.392. The Balaban J connectivity index is 2.24. The zero-order valence-corrected chi connectivity index (χ0v) is 14.4. The molecule has 0 bridgehead atoms. The number of ether oxygens (including phenoxy) is 2. The highest BCUT2D eigenvalue weighted by atomic mass is 19.4. The molecule has 0 unspecified atom stereocenters. The average Bonchev–Trinajstić information content (AvgIpc) is 2.63. The van der Waals surface area contributed by atoms with Gasteiger partial charge in [-0.3, -0.25) is 20.2 Å². The normalized spacial score (nSPS) is 11.0. The standard InChI is InChI=1S/C16H14F3N3O6/c1-27-13-4-2-3-5-14(13)28-7-6-20-15-11(21(23)24)8-10(16(17,18)19)9-12(15)22(25)26/h2-5,8-9,20H,6-7H2,1H3. The Labute approximate surface area is 156 Å². The number of rotatable bonds is 8. The van der Waals surface area contributed by atoms with Crippen molar-refractivity contribution in [2.45, 2.75) is 6.18 Å². The summed E-state index contributed by atoms with van der Waals surface area (Å²) >= 11 is 0. The highest BCUT2D eigenvalue weighted by molar-refractivity contribution is 5.75. The first-order valence-electron chi connectivity index (χ1n) is 7.69. The number of alkyl halides is 3. The summed E-state index contributed by atoms with van der Waals surface area (Å²) in [6.45, 7) is -0.235. The van der Waals surface area contributed by atoms with Crippen LogP contribution in [-0.4, -0.2) is 30.1 Å². The van der Waals surface area contributed by atoms with Crippen LogP contribution in [0.2, 0.25) is 0 Å². The minimum Gasteiger partial charge on any atom is -0.493 e. The molecule has 2 aromatic carbocycles. The number of para-hydroxylation sites is 2. The molecule has 9 nitrogen and oxygen atoms in total. The van der Waals surface area contributed by atoms with Gasteiger partial charge in [-0.25, -0.2) is 0 Å². The number of methoxy groups -OCH3 is 1. The maximum Gasteiger partial charge on any atom is 0.416 e. The molecule has 0 fully saturated rings. The number of nitro groups is 2. The zero-order chi connectivity index (χ0) is 20.9. The number of benzene rings is 2. The Morgan fingerprint density at radius 1 is 1.04 bits per heavy atom. The van der Waals surface area contributed by atoms with Gasteiger partial charge in [0.25, 0.3) is 11.4 Å². The summed E-state index contributed by atoms with van der Waals surface area (Å²) in [7, 11) is 1.43. The van der Waals surface area contributed by atoms with Crippen LogP contribution in [0.15, 0.2) is 36.4 Å². The molecule has 0 amide bonds. The van der Waals surface area contributed by atoms with E-state index >= 15 is 0 Å². The van der Waals surface area contributed by atoms with Crippen LogP contribution in [0, 0.1) is 20.2 Å². The number of nitro benzene ring substituents is 2. The molecule has 0 atom stereocenters. The monoisotopic (exact) mass is 401 g/mol. The Morgan fingerprint density at radius 3 is 2.04 bits per heavy atom. The predicted octanol–water partition coefficient (Wildman–Crippen LogP) is 4.02. The smallest absolute Gasteiger partial charge is 0.416 e. The maximum atomic E-state index is 12.9. The fourth-order valence-electron chi connectivity index (χ4n) is 2.32. The third-order valence-corrected chi connectivity index (χ3v) is 3.55. The second-order valence-corrected chi connectivity index (χ2v) is 5.33. The maximum absolute atomic E-state index is 12.9. The Morgan fingerprint density at radius 2 is 1.57 bits per heavy atom. The van der Waals surface area contributed by atoms with Crippen LogP contribution in [0.4, 0.5) is 30.2 Å². The van der Waals surface area contributed by atoms with E-state index in [1.807, 2.05) is 0 Å². The van der Waals surface area contributed by atoms with Crippen LogP contribution in [0.1, 0.15) is 5.56 Å². The summed E-state index contributed by atoms with van der Waals surface area (Å²) in [6.07, 6.45) is -4.97. The molecule has 0 spiro atoms. The van der Waals surface area contributed by atoms with Crippen LogP contribution in [-0.2, 0) is 6.18 Å². The molecule has 0 heterocycles. The molecule has 0 saturated heterocycles. The summed E-state index contributed by atoms with van der Waals surface area (Å²) in [6, 6.07) is 7.11. The van der Waals surface area contributed by atoms with E-state index in [0.717, 1.165) is 0 Å². The van der Waals surface area contributed by atoms with E-state index in [9.17, 15) is 33.4 Å². The molecule has 0 aliphatic rings. The number of hydrogen-bond acceptors (Lipinski definition) is 7. The summed E-state index contributed by atoms with van der Waals surface area (Å²) in [4.78, 5) is 20.0. The molecule has 28 heavy (non-hydrogen) atoms. The van der Waals surface area contributed by atoms with Crippen LogP contribution >= 0.6 is 0 Å². The second-order valence-electron chi connectivity index (χ2n) is 5.33. The third kappa shape index (κ3) is 4.78. The van der Waals surface area contributed by atoms with Crippen molar-refractivity contribution in [2.75, 3.05) is 25.6 Å². The van der Waals surface area contributed by atoms with Crippen molar-refractivity contribution in [3.05, 3.63) is 62.2 Å². The fraction of sp³-hybridized carbons (Fsp3) is 0.250. The molecule has 0 aliphatic carbocycles. The first kappa shape index (κ1) is 20.7. The first-order valence-corrected chi connectivity index (χ1v) is 7.69. The highest BCUT2D eigenvalue weighted by Gasteiger charge is 2.37. The minimum absolute atomic E-state index is 0.0876. The van der Waals surface area contributed by atoms with Gasteiger partial charge in [-0.15, -0.1) is 0 Å². The van der Waals surface area contributed by atoms with Gasteiger partial charge in [-0.2, -0.15) is 13.2 Å². The van der Waals surface area contributed by atoms with E-state index in [1.165, 1.54) is 7.11 Å². The van der Waals surface area contributed by atoms with Gasteiger partial charge in [-0.05, 0) is 12.1 Å². The molecule has 0 radical (unpaired) electrons. The van der Waals surface area contributed by atoms with Gasteiger partial charge in [-0.1, -0.05) is 12.1 Å². The molecule has 2 rings (SSSR count). The van der Waals surface area contributed by atoms with Gasteiger partial charge >= 0.3 is 6.18 Å². The summed E-state index contributed by atoms with van der Waals surface area (Å²) in [5, 5.41) is 24.7. The van der Waals surface area contributed by atoms with Crippen molar-refractivity contribution < 1.29 is 32.5 Å². The van der Waals surface area contributed by atoms with Crippen LogP contribution < -0.4 is 14.8 Å². The van der Waals surface area contributed by atoms with E-state index in [1.54, 1.807) is 24.3 Å². The van der Waals surface area contributed by atoms with Gasteiger partial charge in [0, 0.05) is 18.7 Å². The Kier molecular flexibility index (Phi) is 6.23. The predicted molar refractivity (Wildman–Crippen MR) is 91.7 cm³/mol. The zero-order valence-electron chi connectivity index (χ0n) is 14.4. The van der Waals surface area contributed by atoms with Crippen LogP contribution in [0.5, 0.6) is 11.5 Å². The topological polar surface area (TPSA) is 117 Å². The van der Waals surface area contributed by atoms with Crippen molar-refractivity contribution >= 4 is 17.1 Å². The molecule has 12 heteroatoms. The van der Waals surface area contributed by atoms with Gasteiger partial charge in [0.1, 0.15) is 6.61 Å². The molecular weight excluding hydrogens is 387 g/mol. The first-order chi connectivity index (χ1) is 13.1. The number of nitrogens with one attached hydrogen (secondary N) is 1. The molecule has 2 aromatic rings. The SMILES string of the molecule is COc1ccccc1OCCNc1c([N+](=O)[O-])cc(C(F)(F)F)cc1[N+](=O)[O-]. The number of nitrogens with zero attached hydrogens (tertiary/aromatic N) is 2. The second kappa shape index (κ2) is 8.41. The fourth-order valence-corrected chi connectivity index (χ4v) is 2.32.